The second-order valence-corrected chi connectivity index (χ2v) is 7.18. The topological polar surface area (TPSA) is 21.3 Å². The summed E-state index contributed by atoms with van der Waals surface area (Å²) in [6.07, 6.45) is 5.98. The smallest absolute Gasteiger partial charge is 0.0686 e. The molecule has 0 radical (unpaired) electrons. The number of hydrogen-bond donors (Lipinski definition) is 1. The van der Waals surface area contributed by atoms with Gasteiger partial charge in [-0.25, -0.2) is 0 Å². The second-order valence-electron chi connectivity index (χ2n) is 6.34. The predicted molar refractivity (Wildman–Crippen MR) is 88.1 cm³/mol. The van der Waals surface area contributed by atoms with E-state index in [1.807, 2.05) is 12.1 Å². The molecule has 1 aliphatic heterocycles. The predicted octanol–water partition coefficient (Wildman–Crippen LogP) is 4.99. The van der Waals surface area contributed by atoms with Gasteiger partial charge in [0.1, 0.15) is 0 Å². The summed E-state index contributed by atoms with van der Waals surface area (Å²) in [4.78, 5) is 0. The fourth-order valence-electron chi connectivity index (χ4n) is 3.77. The van der Waals surface area contributed by atoms with Crippen molar-refractivity contribution in [1.29, 1.82) is 0 Å². The van der Waals surface area contributed by atoms with Gasteiger partial charge in [-0.05, 0) is 62.3 Å². The summed E-state index contributed by atoms with van der Waals surface area (Å²) in [5.74, 6) is 0.581. The average molecular weight is 328 g/mol. The van der Waals surface area contributed by atoms with E-state index in [1.165, 1.54) is 24.8 Å². The highest BCUT2D eigenvalue weighted by Gasteiger charge is 2.44. The normalized spacial score (nSPS) is 25.6. The van der Waals surface area contributed by atoms with Crippen molar-refractivity contribution in [3.63, 3.8) is 0 Å². The van der Waals surface area contributed by atoms with Crippen molar-refractivity contribution in [2.75, 3.05) is 13.2 Å². The summed E-state index contributed by atoms with van der Waals surface area (Å²) in [6, 6.07) is 6.15. The lowest BCUT2D eigenvalue weighted by molar-refractivity contribution is -0.147. The SMILES string of the molecule is CCNC(c1ccc(Cl)cc1Cl)C1CCOC2(CCC2)C1. The van der Waals surface area contributed by atoms with Crippen LogP contribution in [-0.4, -0.2) is 18.8 Å². The molecule has 116 valence electrons. The van der Waals surface area contributed by atoms with Crippen LogP contribution in [0.3, 0.4) is 0 Å². The van der Waals surface area contributed by atoms with Crippen LogP contribution in [0.2, 0.25) is 10.0 Å². The number of hydrogen-bond acceptors (Lipinski definition) is 2. The van der Waals surface area contributed by atoms with Crippen LogP contribution in [0, 0.1) is 5.92 Å². The third kappa shape index (κ3) is 3.24. The molecule has 2 aliphatic rings. The molecule has 2 atom stereocenters. The summed E-state index contributed by atoms with van der Waals surface area (Å²) in [5, 5.41) is 5.09. The zero-order valence-electron chi connectivity index (χ0n) is 12.5. The van der Waals surface area contributed by atoms with E-state index in [4.69, 9.17) is 27.9 Å². The van der Waals surface area contributed by atoms with E-state index in [0.29, 0.717) is 17.0 Å². The molecule has 1 saturated heterocycles. The van der Waals surface area contributed by atoms with Gasteiger partial charge in [0.15, 0.2) is 0 Å². The lowest BCUT2D eigenvalue weighted by atomic mass is 9.69. The highest BCUT2D eigenvalue weighted by atomic mass is 35.5. The van der Waals surface area contributed by atoms with E-state index < -0.39 is 0 Å². The molecule has 1 aromatic rings. The maximum atomic E-state index is 6.44. The van der Waals surface area contributed by atoms with Crippen molar-refractivity contribution >= 4 is 23.2 Å². The van der Waals surface area contributed by atoms with Gasteiger partial charge in [-0.2, -0.15) is 0 Å². The molecule has 0 aromatic heterocycles. The van der Waals surface area contributed by atoms with E-state index in [-0.39, 0.29) is 5.60 Å². The molecule has 1 saturated carbocycles. The summed E-state index contributed by atoms with van der Waals surface area (Å²) in [7, 11) is 0. The van der Waals surface area contributed by atoms with Crippen LogP contribution in [0.25, 0.3) is 0 Å². The molecule has 2 fully saturated rings. The molecule has 1 heterocycles. The Morgan fingerprint density at radius 1 is 1.38 bits per heavy atom. The van der Waals surface area contributed by atoms with Gasteiger partial charge in [0.25, 0.3) is 0 Å². The van der Waals surface area contributed by atoms with Crippen molar-refractivity contribution in [3.8, 4) is 0 Å². The lowest BCUT2D eigenvalue weighted by Gasteiger charge is -2.49. The van der Waals surface area contributed by atoms with Crippen molar-refractivity contribution in [1.82, 2.24) is 5.32 Å². The Morgan fingerprint density at radius 3 is 2.81 bits per heavy atom. The Bertz CT molecular complexity index is 502. The highest BCUT2D eigenvalue weighted by Crippen LogP contribution is 2.47. The molecule has 0 amide bonds. The maximum absolute atomic E-state index is 6.44. The first-order valence-electron chi connectivity index (χ1n) is 7.96. The van der Waals surface area contributed by atoms with Crippen LogP contribution >= 0.6 is 23.2 Å². The Labute approximate surface area is 137 Å². The van der Waals surface area contributed by atoms with E-state index in [0.717, 1.165) is 31.0 Å². The van der Waals surface area contributed by atoms with E-state index in [9.17, 15) is 0 Å². The molecule has 21 heavy (non-hydrogen) atoms. The molecular formula is C17H23Cl2NO. The molecular weight excluding hydrogens is 305 g/mol. The van der Waals surface area contributed by atoms with Crippen molar-refractivity contribution < 1.29 is 4.74 Å². The third-order valence-electron chi connectivity index (χ3n) is 4.99. The number of benzene rings is 1. The molecule has 3 rings (SSSR count). The van der Waals surface area contributed by atoms with Gasteiger partial charge < -0.3 is 10.1 Å². The summed E-state index contributed by atoms with van der Waals surface area (Å²) >= 11 is 12.5. The van der Waals surface area contributed by atoms with Gasteiger partial charge in [0.2, 0.25) is 0 Å². The third-order valence-corrected chi connectivity index (χ3v) is 5.55. The molecule has 1 aliphatic carbocycles. The quantitative estimate of drug-likeness (QED) is 0.840. The van der Waals surface area contributed by atoms with E-state index in [2.05, 4.69) is 18.3 Å². The molecule has 1 aromatic carbocycles. The van der Waals surface area contributed by atoms with Gasteiger partial charge in [-0.3, -0.25) is 0 Å². The average Bonchev–Trinajstić information content (AvgIpc) is 2.44. The standard InChI is InChI=1S/C17H23Cl2NO/c1-2-20-16(14-5-4-13(18)10-15(14)19)12-6-9-21-17(11-12)7-3-8-17/h4-5,10,12,16,20H,2-3,6-9,11H2,1H3. The van der Waals surface area contributed by atoms with Gasteiger partial charge in [-0.15, -0.1) is 0 Å². The number of rotatable bonds is 4. The maximum Gasteiger partial charge on any atom is 0.0686 e. The van der Waals surface area contributed by atoms with Crippen LogP contribution in [-0.2, 0) is 4.74 Å². The Kier molecular flexibility index (Phi) is 4.80. The Morgan fingerprint density at radius 2 is 2.19 bits per heavy atom. The largest absolute Gasteiger partial charge is 0.375 e. The number of nitrogens with one attached hydrogen (secondary N) is 1. The second kappa shape index (κ2) is 6.45. The van der Waals surface area contributed by atoms with Crippen molar-refractivity contribution in [2.45, 2.75) is 50.7 Å². The molecule has 0 bridgehead atoms. The summed E-state index contributed by atoms with van der Waals surface area (Å²) < 4.78 is 6.06. The Hall–Kier alpha value is -0.280. The molecule has 1 N–H and O–H groups in total. The molecule has 1 spiro atoms. The first-order valence-corrected chi connectivity index (χ1v) is 8.71. The lowest BCUT2D eigenvalue weighted by Crippen LogP contribution is -2.48. The minimum Gasteiger partial charge on any atom is -0.375 e. The summed E-state index contributed by atoms with van der Waals surface area (Å²) in [6.45, 7) is 3.96. The van der Waals surface area contributed by atoms with Gasteiger partial charge in [0, 0.05) is 22.7 Å². The van der Waals surface area contributed by atoms with Gasteiger partial charge in [-0.1, -0.05) is 36.2 Å². The van der Waals surface area contributed by atoms with Gasteiger partial charge >= 0.3 is 0 Å². The fraction of sp³-hybridized carbons (Fsp3) is 0.647. The molecule has 2 nitrogen and oxygen atoms in total. The van der Waals surface area contributed by atoms with Crippen LogP contribution in [0.5, 0.6) is 0 Å². The number of halogens is 2. The Balaban J connectivity index is 1.83. The highest BCUT2D eigenvalue weighted by molar-refractivity contribution is 6.35. The first-order chi connectivity index (χ1) is 10.1. The first kappa shape index (κ1) is 15.6. The van der Waals surface area contributed by atoms with Crippen LogP contribution in [0.4, 0.5) is 0 Å². The van der Waals surface area contributed by atoms with Gasteiger partial charge in [0.05, 0.1) is 5.60 Å². The van der Waals surface area contributed by atoms with Crippen molar-refractivity contribution in [2.24, 2.45) is 5.92 Å². The van der Waals surface area contributed by atoms with Crippen LogP contribution in [0.1, 0.15) is 50.6 Å². The van der Waals surface area contributed by atoms with E-state index in [1.54, 1.807) is 0 Å². The molecule has 2 unspecified atom stereocenters. The van der Waals surface area contributed by atoms with E-state index >= 15 is 0 Å². The number of ether oxygens (including phenoxy) is 1. The summed E-state index contributed by atoms with van der Waals surface area (Å²) in [5.41, 5.74) is 1.33. The fourth-order valence-corrected chi connectivity index (χ4v) is 4.30. The zero-order chi connectivity index (χ0) is 14.9. The minimum atomic E-state index is 0.162. The monoisotopic (exact) mass is 327 g/mol. The van der Waals surface area contributed by atoms with Crippen LogP contribution < -0.4 is 5.32 Å². The zero-order valence-corrected chi connectivity index (χ0v) is 14.0. The van der Waals surface area contributed by atoms with Crippen molar-refractivity contribution in [3.05, 3.63) is 33.8 Å². The minimum absolute atomic E-state index is 0.162. The molecule has 4 heteroatoms. The van der Waals surface area contributed by atoms with Crippen LogP contribution in [0.15, 0.2) is 18.2 Å².